The zero-order chi connectivity index (χ0) is 15.9. The number of aryl methyl sites for hydroxylation is 1. The van der Waals surface area contributed by atoms with Crippen LogP contribution in [0, 0.1) is 0 Å². The molecule has 1 nitrogen and oxygen atoms in total. The molecular weight excluding hydrogens is 268 g/mol. The lowest BCUT2D eigenvalue weighted by Gasteiger charge is -1.99. The molecule has 0 aliphatic heterocycles. The predicted molar refractivity (Wildman–Crippen MR) is 97.3 cm³/mol. The zero-order valence-electron chi connectivity index (χ0n) is 14.1. The van der Waals surface area contributed by atoms with Crippen LogP contribution in [0.15, 0.2) is 48.6 Å². The van der Waals surface area contributed by atoms with E-state index in [1.165, 1.54) is 44.1 Å². The van der Waals surface area contributed by atoms with Crippen molar-refractivity contribution in [3.63, 3.8) is 0 Å². The number of hydrogen-bond acceptors (Lipinski definition) is 1. The fourth-order valence-electron chi connectivity index (χ4n) is 2.51. The van der Waals surface area contributed by atoms with Gasteiger partial charge in [-0.05, 0) is 56.2 Å². The molecule has 0 fully saturated rings. The SMILES string of the molecule is CCCCCCC/C=C/C/C=C/CCCc1cccc(O)c1. The van der Waals surface area contributed by atoms with E-state index in [1.54, 1.807) is 6.07 Å². The number of phenolic OH excluding ortho intramolecular Hbond substituents is 1. The molecule has 0 unspecified atom stereocenters. The highest BCUT2D eigenvalue weighted by Crippen LogP contribution is 2.13. The molecular formula is C21H32O. The third kappa shape index (κ3) is 10.3. The zero-order valence-corrected chi connectivity index (χ0v) is 14.1. The first-order valence-corrected chi connectivity index (χ1v) is 8.91. The maximum absolute atomic E-state index is 9.40. The Labute approximate surface area is 136 Å². The summed E-state index contributed by atoms with van der Waals surface area (Å²) in [5.74, 6) is 0.368. The average Bonchev–Trinajstić information content (AvgIpc) is 2.52. The molecule has 0 radical (unpaired) electrons. The smallest absolute Gasteiger partial charge is 0.115 e. The van der Waals surface area contributed by atoms with Gasteiger partial charge in [-0.1, -0.05) is 69.0 Å². The van der Waals surface area contributed by atoms with Gasteiger partial charge in [-0.2, -0.15) is 0 Å². The highest BCUT2D eigenvalue weighted by molar-refractivity contribution is 5.27. The molecule has 1 rings (SSSR count). The summed E-state index contributed by atoms with van der Waals surface area (Å²) >= 11 is 0. The predicted octanol–water partition coefficient (Wildman–Crippen LogP) is 6.58. The van der Waals surface area contributed by atoms with Crippen LogP contribution in [0.3, 0.4) is 0 Å². The first-order chi connectivity index (χ1) is 10.8. The number of allylic oxidation sites excluding steroid dienone is 4. The van der Waals surface area contributed by atoms with E-state index < -0.39 is 0 Å². The van der Waals surface area contributed by atoms with Gasteiger partial charge in [-0.3, -0.25) is 0 Å². The van der Waals surface area contributed by atoms with Gasteiger partial charge in [0.1, 0.15) is 5.75 Å². The Hall–Kier alpha value is -1.50. The second-order valence-electron chi connectivity index (χ2n) is 5.94. The Morgan fingerprint density at radius 2 is 1.59 bits per heavy atom. The van der Waals surface area contributed by atoms with Gasteiger partial charge in [0.05, 0.1) is 0 Å². The van der Waals surface area contributed by atoms with Crippen LogP contribution in [0.2, 0.25) is 0 Å². The van der Waals surface area contributed by atoms with E-state index in [9.17, 15) is 5.11 Å². The van der Waals surface area contributed by atoms with Crippen molar-refractivity contribution in [2.75, 3.05) is 0 Å². The van der Waals surface area contributed by atoms with Gasteiger partial charge >= 0.3 is 0 Å². The lowest BCUT2D eigenvalue weighted by Crippen LogP contribution is -1.83. The summed E-state index contributed by atoms with van der Waals surface area (Å²) in [4.78, 5) is 0. The molecule has 0 aliphatic carbocycles. The second-order valence-corrected chi connectivity index (χ2v) is 5.94. The van der Waals surface area contributed by atoms with Crippen molar-refractivity contribution in [1.82, 2.24) is 0 Å². The molecule has 1 aromatic rings. The standard InChI is InChI=1S/C21H32O/c1-2-3-4-5-6-7-8-9-10-11-12-13-14-16-20-17-15-18-21(22)19-20/h8-9,11-12,15,17-19,22H,2-7,10,13-14,16H2,1H3/b9-8+,12-11+. The van der Waals surface area contributed by atoms with Crippen LogP contribution in [-0.4, -0.2) is 5.11 Å². The number of rotatable bonds is 12. The van der Waals surface area contributed by atoms with Crippen molar-refractivity contribution in [3.8, 4) is 5.75 Å². The maximum atomic E-state index is 9.40. The fourth-order valence-corrected chi connectivity index (χ4v) is 2.51. The van der Waals surface area contributed by atoms with Crippen molar-refractivity contribution < 1.29 is 5.11 Å². The first kappa shape index (κ1) is 18.5. The highest BCUT2D eigenvalue weighted by Gasteiger charge is 1.93. The minimum absolute atomic E-state index is 0.368. The maximum Gasteiger partial charge on any atom is 0.115 e. The van der Waals surface area contributed by atoms with E-state index in [-0.39, 0.29) is 0 Å². The van der Waals surface area contributed by atoms with Crippen molar-refractivity contribution >= 4 is 0 Å². The highest BCUT2D eigenvalue weighted by atomic mass is 16.3. The summed E-state index contributed by atoms with van der Waals surface area (Å²) in [7, 11) is 0. The third-order valence-corrected chi connectivity index (χ3v) is 3.83. The Bertz CT molecular complexity index is 431. The molecule has 0 heterocycles. The normalized spacial score (nSPS) is 11.7. The van der Waals surface area contributed by atoms with E-state index in [0.29, 0.717) is 5.75 Å². The van der Waals surface area contributed by atoms with Gasteiger partial charge in [0.2, 0.25) is 0 Å². The number of benzene rings is 1. The Morgan fingerprint density at radius 1 is 0.864 bits per heavy atom. The molecule has 0 spiro atoms. The molecule has 1 N–H and O–H groups in total. The van der Waals surface area contributed by atoms with E-state index in [0.717, 1.165) is 25.7 Å². The van der Waals surface area contributed by atoms with Gasteiger partial charge in [0.15, 0.2) is 0 Å². The van der Waals surface area contributed by atoms with Crippen LogP contribution < -0.4 is 0 Å². The van der Waals surface area contributed by atoms with E-state index in [4.69, 9.17) is 0 Å². The van der Waals surface area contributed by atoms with Gasteiger partial charge in [-0.25, -0.2) is 0 Å². The van der Waals surface area contributed by atoms with Gasteiger partial charge in [0, 0.05) is 0 Å². The largest absolute Gasteiger partial charge is 0.508 e. The molecule has 0 atom stereocenters. The van der Waals surface area contributed by atoms with Crippen LogP contribution in [0.5, 0.6) is 5.75 Å². The van der Waals surface area contributed by atoms with Crippen LogP contribution >= 0.6 is 0 Å². The summed E-state index contributed by atoms with van der Waals surface area (Å²) in [6.45, 7) is 2.26. The summed E-state index contributed by atoms with van der Waals surface area (Å²) in [6.07, 6.45) is 21.5. The van der Waals surface area contributed by atoms with Crippen molar-refractivity contribution in [2.24, 2.45) is 0 Å². The molecule has 0 amide bonds. The average molecular weight is 300 g/mol. The van der Waals surface area contributed by atoms with Crippen LogP contribution in [0.1, 0.15) is 70.3 Å². The summed E-state index contributed by atoms with van der Waals surface area (Å²) in [5, 5.41) is 9.40. The summed E-state index contributed by atoms with van der Waals surface area (Å²) < 4.78 is 0. The number of hydrogen-bond donors (Lipinski definition) is 1. The second kappa shape index (κ2) is 13.2. The summed E-state index contributed by atoms with van der Waals surface area (Å²) in [6, 6.07) is 7.56. The van der Waals surface area contributed by atoms with Crippen molar-refractivity contribution in [1.29, 1.82) is 0 Å². The minimum Gasteiger partial charge on any atom is -0.508 e. The third-order valence-electron chi connectivity index (χ3n) is 3.83. The first-order valence-electron chi connectivity index (χ1n) is 8.91. The molecule has 0 aromatic heterocycles. The number of aromatic hydroxyl groups is 1. The van der Waals surface area contributed by atoms with E-state index in [2.05, 4.69) is 37.3 Å². The van der Waals surface area contributed by atoms with Crippen molar-refractivity contribution in [3.05, 3.63) is 54.1 Å². The van der Waals surface area contributed by atoms with Crippen molar-refractivity contribution in [2.45, 2.75) is 71.1 Å². The molecule has 0 bridgehead atoms. The number of unbranched alkanes of at least 4 members (excludes halogenated alkanes) is 6. The van der Waals surface area contributed by atoms with Crippen LogP contribution in [0.25, 0.3) is 0 Å². The topological polar surface area (TPSA) is 20.2 Å². The Kier molecular flexibility index (Phi) is 11.1. The van der Waals surface area contributed by atoms with Gasteiger partial charge in [-0.15, -0.1) is 0 Å². The fraction of sp³-hybridized carbons (Fsp3) is 0.524. The van der Waals surface area contributed by atoms with Crippen LogP contribution in [-0.2, 0) is 6.42 Å². The lowest BCUT2D eigenvalue weighted by molar-refractivity contribution is 0.474. The lowest BCUT2D eigenvalue weighted by atomic mass is 10.1. The molecule has 0 saturated carbocycles. The summed E-state index contributed by atoms with van der Waals surface area (Å²) in [5.41, 5.74) is 1.22. The van der Waals surface area contributed by atoms with E-state index in [1.807, 2.05) is 12.1 Å². The van der Waals surface area contributed by atoms with Gasteiger partial charge in [0.25, 0.3) is 0 Å². The van der Waals surface area contributed by atoms with Gasteiger partial charge < -0.3 is 5.11 Å². The number of phenols is 1. The van der Waals surface area contributed by atoms with Crippen LogP contribution in [0.4, 0.5) is 0 Å². The monoisotopic (exact) mass is 300 g/mol. The quantitative estimate of drug-likeness (QED) is 0.341. The Morgan fingerprint density at radius 3 is 2.32 bits per heavy atom. The molecule has 0 aliphatic rings. The molecule has 0 saturated heterocycles. The van der Waals surface area contributed by atoms with E-state index >= 15 is 0 Å². The minimum atomic E-state index is 0.368. The Balaban J connectivity index is 1.95. The molecule has 22 heavy (non-hydrogen) atoms. The molecule has 1 aromatic carbocycles. The molecule has 1 heteroatoms. The molecule has 122 valence electrons.